The van der Waals surface area contributed by atoms with Crippen LogP contribution in [-0.2, 0) is 4.74 Å². The van der Waals surface area contributed by atoms with Gasteiger partial charge in [-0.2, -0.15) is 0 Å². The van der Waals surface area contributed by atoms with E-state index in [9.17, 15) is 4.79 Å². The minimum atomic E-state index is -0.0496. The monoisotopic (exact) mass is 494 g/mol. The van der Waals surface area contributed by atoms with Crippen molar-refractivity contribution in [1.29, 1.82) is 0 Å². The topological polar surface area (TPSA) is 48.9 Å². The third-order valence-electron chi connectivity index (χ3n) is 5.54. The number of nitrogens with zero attached hydrogens (tertiary/aromatic N) is 4. The van der Waals surface area contributed by atoms with Gasteiger partial charge in [0.1, 0.15) is 0 Å². The van der Waals surface area contributed by atoms with Crippen molar-refractivity contribution in [2.75, 3.05) is 63.3 Å². The first-order valence-electron chi connectivity index (χ1n) is 10.4. The Morgan fingerprint density at radius 3 is 2.47 bits per heavy atom. The number of hydrogen-bond acceptors (Lipinski definition) is 6. The number of carbonyl (C=O) groups is 1. The maximum Gasteiger partial charge on any atom is 0.260 e. The zero-order valence-electron chi connectivity index (χ0n) is 18.5. The Balaban J connectivity index is 0.00000289. The van der Waals surface area contributed by atoms with Gasteiger partial charge in [-0.1, -0.05) is 29.0 Å². The van der Waals surface area contributed by atoms with Crippen molar-refractivity contribution in [3.63, 3.8) is 0 Å². The molecule has 1 fully saturated rings. The molecule has 9 heteroatoms. The molecule has 172 valence electrons. The summed E-state index contributed by atoms with van der Waals surface area (Å²) < 4.78 is 6.37. The van der Waals surface area contributed by atoms with E-state index in [1.807, 2.05) is 62.3 Å². The van der Waals surface area contributed by atoms with Gasteiger partial charge in [-0.25, -0.2) is 4.98 Å². The van der Waals surface area contributed by atoms with Gasteiger partial charge in [-0.15, -0.1) is 12.4 Å². The van der Waals surface area contributed by atoms with Crippen LogP contribution >= 0.6 is 35.3 Å². The molecular weight excluding hydrogens is 467 g/mol. The normalized spacial score (nSPS) is 14.2. The highest BCUT2D eigenvalue weighted by atomic mass is 35.5. The van der Waals surface area contributed by atoms with Crippen LogP contribution in [0.5, 0.6) is 0 Å². The van der Waals surface area contributed by atoms with E-state index in [0.717, 1.165) is 54.3 Å². The first-order valence-corrected chi connectivity index (χ1v) is 11.6. The zero-order valence-corrected chi connectivity index (χ0v) is 20.9. The average molecular weight is 495 g/mol. The highest BCUT2D eigenvalue weighted by molar-refractivity contribution is 7.23. The number of fused-ring (bicyclic) bond motifs is 1. The molecule has 4 rings (SSSR count). The molecule has 0 unspecified atom stereocenters. The van der Waals surface area contributed by atoms with E-state index < -0.39 is 0 Å². The van der Waals surface area contributed by atoms with Crippen molar-refractivity contribution in [2.24, 2.45) is 0 Å². The van der Waals surface area contributed by atoms with Crippen molar-refractivity contribution in [3.8, 4) is 0 Å². The Labute approximate surface area is 204 Å². The average Bonchev–Trinajstić information content (AvgIpc) is 3.24. The van der Waals surface area contributed by atoms with E-state index in [4.69, 9.17) is 21.3 Å². The summed E-state index contributed by atoms with van der Waals surface area (Å²) in [6, 6.07) is 11.5. The van der Waals surface area contributed by atoms with Gasteiger partial charge in [0.2, 0.25) is 0 Å². The lowest BCUT2D eigenvalue weighted by atomic mass is 10.1. The molecule has 32 heavy (non-hydrogen) atoms. The number of anilines is 2. The molecule has 2 heterocycles. The summed E-state index contributed by atoms with van der Waals surface area (Å²) in [6.45, 7) is 6.57. The van der Waals surface area contributed by atoms with Crippen molar-refractivity contribution in [3.05, 3.63) is 52.5 Å². The molecule has 6 nitrogen and oxygen atoms in total. The molecule has 0 N–H and O–H groups in total. The van der Waals surface area contributed by atoms with Gasteiger partial charge in [-0.3, -0.25) is 14.6 Å². The summed E-state index contributed by atoms with van der Waals surface area (Å²) in [5, 5.41) is 1.35. The molecule has 3 aromatic rings. The molecule has 0 bridgehead atoms. The smallest absolute Gasteiger partial charge is 0.260 e. The number of aryl methyl sites for hydroxylation is 1. The number of carbonyl (C=O) groups excluding carboxylic acids is 1. The van der Waals surface area contributed by atoms with Crippen molar-refractivity contribution in [2.45, 2.75) is 6.92 Å². The number of morpholine rings is 1. The van der Waals surface area contributed by atoms with E-state index in [1.54, 1.807) is 4.90 Å². The summed E-state index contributed by atoms with van der Waals surface area (Å²) in [4.78, 5) is 24.5. The van der Waals surface area contributed by atoms with Crippen LogP contribution < -0.4 is 9.80 Å². The predicted octanol–water partition coefficient (Wildman–Crippen LogP) is 4.72. The Morgan fingerprint density at radius 1 is 1.16 bits per heavy atom. The van der Waals surface area contributed by atoms with Crippen LogP contribution in [0.15, 0.2) is 36.4 Å². The van der Waals surface area contributed by atoms with Gasteiger partial charge >= 0.3 is 0 Å². The largest absolute Gasteiger partial charge is 0.379 e. The Kier molecular flexibility index (Phi) is 8.36. The number of hydrogen-bond donors (Lipinski definition) is 0. The highest BCUT2D eigenvalue weighted by Crippen LogP contribution is 2.36. The second-order valence-corrected chi connectivity index (χ2v) is 9.28. The van der Waals surface area contributed by atoms with Gasteiger partial charge < -0.3 is 9.64 Å². The van der Waals surface area contributed by atoms with Gasteiger partial charge in [0, 0.05) is 51.5 Å². The minimum Gasteiger partial charge on any atom is -0.379 e. The SMILES string of the molecule is Cc1ccc(Cl)c2sc(N(CCN3CCOCC3)C(=O)c3ccc(N(C)C)cc3)nc12.Cl. The number of benzene rings is 2. The molecule has 0 spiro atoms. The zero-order chi connectivity index (χ0) is 22.0. The summed E-state index contributed by atoms with van der Waals surface area (Å²) in [5.41, 5.74) is 3.62. The number of aromatic nitrogens is 1. The number of thiazole rings is 1. The maximum absolute atomic E-state index is 13.5. The fourth-order valence-corrected chi connectivity index (χ4v) is 4.96. The maximum atomic E-state index is 13.5. The van der Waals surface area contributed by atoms with Crippen LogP contribution in [0, 0.1) is 6.92 Å². The molecule has 0 saturated carbocycles. The molecule has 0 aliphatic carbocycles. The fraction of sp³-hybridized carbons (Fsp3) is 0.391. The van der Waals surface area contributed by atoms with Crippen LogP contribution in [0.3, 0.4) is 0 Å². The van der Waals surface area contributed by atoms with Crippen LogP contribution in [0.4, 0.5) is 10.8 Å². The van der Waals surface area contributed by atoms with E-state index in [1.165, 1.54) is 11.3 Å². The molecule has 1 aliphatic heterocycles. The molecule has 1 saturated heterocycles. The first kappa shape index (κ1) is 24.7. The van der Waals surface area contributed by atoms with Crippen molar-refractivity contribution in [1.82, 2.24) is 9.88 Å². The minimum absolute atomic E-state index is 0. The second-order valence-electron chi connectivity index (χ2n) is 7.89. The predicted molar refractivity (Wildman–Crippen MR) is 136 cm³/mol. The lowest BCUT2D eigenvalue weighted by molar-refractivity contribution is 0.0391. The Hall–Kier alpha value is -1.90. The molecule has 1 aliphatic rings. The van der Waals surface area contributed by atoms with Crippen LogP contribution in [-0.4, -0.2) is 69.3 Å². The highest BCUT2D eigenvalue weighted by Gasteiger charge is 2.24. The first-order chi connectivity index (χ1) is 14.9. The molecular formula is C23H28Cl2N4O2S. The van der Waals surface area contributed by atoms with Gasteiger partial charge in [0.15, 0.2) is 5.13 Å². The van der Waals surface area contributed by atoms with Crippen LogP contribution in [0.2, 0.25) is 5.02 Å². The Morgan fingerprint density at radius 2 is 1.84 bits per heavy atom. The second kappa shape index (κ2) is 10.8. The van der Waals surface area contributed by atoms with Crippen LogP contribution in [0.1, 0.15) is 15.9 Å². The quantitative estimate of drug-likeness (QED) is 0.495. The standard InChI is InChI=1S/C23H27ClN4O2S.ClH/c1-16-4-9-19(24)21-20(16)25-23(31-21)28(11-10-27-12-14-30-15-13-27)22(29)17-5-7-18(8-6-17)26(2)3;/h4-9H,10-15H2,1-3H3;1H. The number of amides is 1. The lowest BCUT2D eigenvalue weighted by Gasteiger charge is -2.29. The number of rotatable bonds is 6. The molecule has 1 aromatic heterocycles. The Bertz CT molecular complexity index is 1030. The van der Waals surface area contributed by atoms with Crippen molar-refractivity contribution >= 4 is 62.3 Å². The fourth-order valence-electron chi connectivity index (χ4n) is 3.61. The van der Waals surface area contributed by atoms with Gasteiger partial charge in [0.25, 0.3) is 5.91 Å². The van der Waals surface area contributed by atoms with E-state index >= 15 is 0 Å². The van der Waals surface area contributed by atoms with E-state index in [-0.39, 0.29) is 18.3 Å². The lowest BCUT2D eigenvalue weighted by Crippen LogP contribution is -2.43. The van der Waals surface area contributed by atoms with E-state index in [2.05, 4.69) is 4.90 Å². The summed E-state index contributed by atoms with van der Waals surface area (Å²) in [6.07, 6.45) is 0. The summed E-state index contributed by atoms with van der Waals surface area (Å²) in [5.74, 6) is -0.0496. The van der Waals surface area contributed by atoms with Gasteiger partial charge in [-0.05, 0) is 42.8 Å². The molecule has 0 radical (unpaired) electrons. The summed E-state index contributed by atoms with van der Waals surface area (Å²) in [7, 11) is 3.97. The molecule has 0 atom stereocenters. The molecule has 2 aromatic carbocycles. The third kappa shape index (κ3) is 5.35. The van der Waals surface area contributed by atoms with Gasteiger partial charge in [0.05, 0.1) is 28.5 Å². The van der Waals surface area contributed by atoms with E-state index in [0.29, 0.717) is 22.3 Å². The number of ether oxygens (including phenoxy) is 1. The summed E-state index contributed by atoms with van der Waals surface area (Å²) >= 11 is 7.90. The number of halogens is 2. The van der Waals surface area contributed by atoms with Crippen molar-refractivity contribution < 1.29 is 9.53 Å². The van der Waals surface area contributed by atoms with Crippen LogP contribution in [0.25, 0.3) is 10.2 Å². The third-order valence-corrected chi connectivity index (χ3v) is 7.07. The molecule has 1 amide bonds.